The Balaban J connectivity index is 1.22. The second-order valence-electron chi connectivity index (χ2n) is 10.9. The number of nitrogens with zero attached hydrogens (tertiary/aromatic N) is 3. The first-order valence-corrected chi connectivity index (χ1v) is 14.6. The second kappa shape index (κ2) is 11.1. The van der Waals surface area contributed by atoms with Crippen LogP contribution in [0.15, 0.2) is 138 Å². The molecule has 4 nitrogen and oxygen atoms in total. The standard InChI is InChI=1S/C39H22F3N3O/c40-29-14-10-23(11-15-29)37-43-38(24-12-16-30(41)17-13-24)45-39(44-37)28-7-2-5-26(21-28)25-4-1-6-27(20-25)32-8-3-9-34-33-19-18-31(42)22-35(33)46-36(32)34/h1-22H. The van der Waals surface area contributed by atoms with Gasteiger partial charge in [0.25, 0.3) is 0 Å². The number of fused-ring (bicyclic) bond motifs is 3. The molecule has 6 aromatic carbocycles. The SMILES string of the molecule is Fc1ccc(-c2nc(-c3ccc(F)cc3)nc(-c3cccc(-c4cccc(-c5cccc6c5oc5cc(F)ccc56)c4)c3)n2)cc1. The maximum absolute atomic E-state index is 13.9. The Morgan fingerprint density at radius 1 is 0.391 bits per heavy atom. The van der Waals surface area contributed by atoms with Crippen molar-refractivity contribution in [3.8, 4) is 56.4 Å². The molecule has 0 radical (unpaired) electrons. The van der Waals surface area contributed by atoms with E-state index in [1.165, 1.54) is 36.4 Å². The summed E-state index contributed by atoms with van der Waals surface area (Å²) in [7, 11) is 0. The molecule has 0 saturated heterocycles. The van der Waals surface area contributed by atoms with E-state index in [2.05, 4.69) is 11.1 Å². The van der Waals surface area contributed by atoms with E-state index in [4.69, 9.17) is 14.4 Å². The van der Waals surface area contributed by atoms with Crippen LogP contribution in [0.2, 0.25) is 0 Å². The van der Waals surface area contributed by atoms with Gasteiger partial charge in [0.15, 0.2) is 17.5 Å². The van der Waals surface area contributed by atoms with Crippen LogP contribution in [0, 0.1) is 17.5 Å². The summed E-state index contributed by atoms with van der Waals surface area (Å²) in [6, 6.07) is 38.4. The van der Waals surface area contributed by atoms with Gasteiger partial charge in [-0.1, -0.05) is 54.6 Å². The predicted octanol–water partition coefficient (Wildman–Crippen LogP) is 10.5. The fourth-order valence-electron chi connectivity index (χ4n) is 5.66. The number of rotatable bonds is 5. The minimum atomic E-state index is -0.364. The molecule has 2 heterocycles. The highest BCUT2D eigenvalue weighted by molar-refractivity contribution is 6.09. The molecule has 8 rings (SSSR count). The average molecular weight is 606 g/mol. The normalized spacial score (nSPS) is 11.4. The fraction of sp³-hybridized carbons (Fsp3) is 0. The second-order valence-corrected chi connectivity index (χ2v) is 10.9. The summed E-state index contributed by atoms with van der Waals surface area (Å²) in [4.78, 5) is 14.1. The monoisotopic (exact) mass is 605 g/mol. The van der Waals surface area contributed by atoms with Gasteiger partial charge >= 0.3 is 0 Å². The molecule has 8 aromatic rings. The Morgan fingerprint density at radius 2 is 0.891 bits per heavy atom. The number of aromatic nitrogens is 3. The van der Waals surface area contributed by atoms with Crippen LogP contribution in [0.4, 0.5) is 13.2 Å². The van der Waals surface area contributed by atoms with Gasteiger partial charge in [0.1, 0.15) is 28.6 Å². The van der Waals surface area contributed by atoms with Gasteiger partial charge in [-0.2, -0.15) is 0 Å². The fourth-order valence-corrected chi connectivity index (χ4v) is 5.66. The largest absolute Gasteiger partial charge is 0.455 e. The first kappa shape index (κ1) is 27.5. The molecule has 220 valence electrons. The summed E-state index contributed by atoms with van der Waals surface area (Å²) in [5.74, 6) is 0.0917. The number of hydrogen-bond donors (Lipinski definition) is 0. The van der Waals surface area contributed by atoms with Crippen molar-refractivity contribution in [1.29, 1.82) is 0 Å². The van der Waals surface area contributed by atoms with E-state index >= 15 is 0 Å². The highest BCUT2D eigenvalue weighted by Crippen LogP contribution is 2.37. The van der Waals surface area contributed by atoms with Crippen molar-refractivity contribution in [2.75, 3.05) is 0 Å². The topological polar surface area (TPSA) is 51.8 Å². The molecule has 0 aliphatic carbocycles. The Labute approximate surface area is 261 Å². The zero-order chi connectivity index (χ0) is 31.2. The van der Waals surface area contributed by atoms with Gasteiger partial charge in [-0.15, -0.1) is 0 Å². The van der Waals surface area contributed by atoms with E-state index in [9.17, 15) is 13.2 Å². The van der Waals surface area contributed by atoms with E-state index in [0.29, 0.717) is 39.8 Å². The van der Waals surface area contributed by atoms with Crippen LogP contribution >= 0.6 is 0 Å². The molecule has 0 spiro atoms. The van der Waals surface area contributed by atoms with Crippen LogP contribution in [-0.2, 0) is 0 Å². The molecule has 46 heavy (non-hydrogen) atoms. The average Bonchev–Trinajstić information content (AvgIpc) is 3.46. The molecule has 0 aliphatic heterocycles. The molecule has 0 unspecified atom stereocenters. The van der Waals surface area contributed by atoms with Crippen LogP contribution in [0.1, 0.15) is 0 Å². The van der Waals surface area contributed by atoms with Gasteiger partial charge in [-0.05, 0) is 89.5 Å². The van der Waals surface area contributed by atoms with Gasteiger partial charge in [-0.3, -0.25) is 0 Å². The highest BCUT2D eigenvalue weighted by atomic mass is 19.1. The van der Waals surface area contributed by atoms with Gasteiger partial charge in [0.05, 0.1) is 0 Å². The molecule has 0 fully saturated rings. The molecular weight excluding hydrogens is 583 g/mol. The zero-order valence-electron chi connectivity index (χ0n) is 24.1. The first-order chi connectivity index (χ1) is 22.5. The van der Waals surface area contributed by atoms with Crippen molar-refractivity contribution in [2.45, 2.75) is 0 Å². The molecule has 0 saturated carbocycles. The Hall–Kier alpha value is -6.08. The van der Waals surface area contributed by atoms with Gasteiger partial charge in [0, 0.05) is 39.1 Å². The summed E-state index contributed by atoms with van der Waals surface area (Å²) in [6.07, 6.45) is 0. The predicted molar refractivity (Wildman–Crippen MR) is 174 cm³/mol. The van der Waals surface area contributed by atoms with Crippen molar-refractivity contribution < 1.29 is 17.6 Å². The molecule has 0 N–H and O–H groups in total. The van der Waals surface area contributed by atoms with Crippen LogP contribution in [0.5, 0.6) is 0 Å². The smallest absolute Gasteiger partial charge is 0.164 e. The van der Waals surface area contributed by atoms with Crippen molar-refractivity contribution in [3.05, 3.63) is 151 Å². The quantitative estimate of drug-likeness (QED) is 0.196. The third-order valence-corrected chi connectivity index (χ3v) is 7.93. The Bertz CT molecular complexity index is 2340. The summed E-state index contributed by atoms with van der Waals surface area (Å²) < 4.78 is 47.5. The van der Waals surface area contributed by atoms with Crippen LogP contribution in [0.25, 0.3) is 78.4 Å². The summed E-state index contributed by atoms with van der Waals surface area (Å²) >= 11 is 0. The van der Waals surface area contributed by atoms with Crippen LogP contribution in [-0.4, -0.2) is 15.0 Å². The molecule has 2 aromatic heterocycles. The summed E-state index contributed by atoms with van der Waals surface area (Å²) in [5.41, 5.74) is 6.95. The van der Waals surface area contributed by atoms with Gasteiger partial charge in [0.2, 0.25) is 0 Å². The lowest BCUT2D eigenvalue weighted by molar-refractivity contribution is 0.618. The summed E-state index contributed by atoms with van der Waals surface area (Å²) in [5, 5.41) is 1.78. The lowest BCUT2D eigenvalue weighted by Crippen LogP contribution is -2.00. The summed E-state index contributed by atoms with van der Waals surface area (Å²) in [6.45, 7) is 0. The lowest BCUT2D eigenvalue weighted by atomic mass is 9.97. The zero-order valence-corrected chi connectivity index (χ0v) is 24.1. The van der Waals surface area contributed by atoms with Crippen LogP contribution in [0.3, 0.4) is 0 Å². The first-order valence-electron chi connectivity index (χ1n) is 14.6. The Morgan fingerprint density at radius 3 is 1.52 bits per heavy atom. The maximum atomic E-state index is 13.9. The highest BCUT2D eigenvalue weighted by Gasteiger charge is 2.15. The van der Waals surface area contributed by atoms with Gasteiger partial charge in [-0.25, -0.2) is 28.1 Å². The molecule has 0 amide bonds. The van der Waals surface area contributed by atoms with Crippen molar-refractivity contribution in [3.63, 3.8) is 0 Å². The number of para-hydroxylation sites is 1. The third kappa shape index (κ3) is 5.08. The number of benzene rings is 6. The molecule has 0 atom stereocenters. The van der Waals surface area contributed by atoms with Gasteiger partial charge < -0.3 is 4.42 Å². The van der Waals surface area contributed by atoms with E-state index < -0.39 is 0 Å². The van der Waals surface area contributed by atoms with E-state index in [1.807, 2.05) is 60.7 Å². The van der Waals surface area contributed by atoms with Crippen LogP contribution < -0.4 is 0 Å². The maximum Gasteiger partial charge on any atom is 0.164 e. The van der Waals surface area contributed by atoms with Crippen molar-refractivity contribution >= 4 is 21.9 Å². The van der Waals surface area contributed by atoms with Crippen molar-refractivity contribution in [2.24, 2.45) is 0 Å². The molecular formula is C39H22F3N3O. The number of furan rings is 1. The molecule has 0 aliphatic rings. The molecule has 0 bridgehead atoms. The minimum Gasteiger partial charge on any atom is -0.455 e. The molecule has 7 heteroatoms. The number of halogens is 3. The van der Waals surface area contributed by atoms with E-state index in [0.717, 1.165) is 38.6 Å². The minimum absolute atomic E-state index is 0.345. The van der Waals surface area contributed by atoms with E-state index in [1.54, 1.807) is 30.3 Å². The third-order valence-electron chi connectivity index (χ3n) is 7.93. The Kier molecular flexibility index (Phi) is 6.64. The van der Waals surface area contributed by atoms with E-state index in [-0.39, 0.29) is 17.5 Å². The lowest BCUT2D eigenvalue weighted by Gasteiger charge is -2.10. The number of hydrogen-bond acceptors (Lipinski definition) is 4. The van der Waals surface area contributed by atoms with Crippen molar-refractivity contribution in [1.82, 2.24) is 15.0 Å².